The summed E-state index contributed by atoms with van der Waals surface area (Å²) in [6, 6.07) is 95.1. The molecule has 0 aliphatic heterocycles. The molecule has 0 N–H and O–H groups in total. The minimum Gasteiger partial charge on any atom is -0.310 e. The Labute approximate surface area is 521 Å². The van der Waals surface area contributed by atoms with Crippen LogP contribution in [-0.4, -0.2) is 0 Å². The first kappa shape index (κ1) is 56.1. The molecule has 88 heavy (non-hydrogen) atoms. The summed E-state index contributed by atoms with van der Waals surface area (Å²) >= 11 is 0. The van der Waals surface area contributed by atoms with Gasteiger partial charge in [-0.15, -0.1) is 0 Å². The van der Waals surface area contributed by atoms with Crippen molar-refractivity contribution >= 4 is 80.0 Å². The second-order valence-corrected chi connectivity index (χ2v) is 27.5. The van der Waals surface area contributed by atoms with Crippen LogP contribution in [0.5, 0.6) is 0 Å². The number of rotatable bonds is 11. The lowest BCUT2D eigenvalue weighted by molar-refractivity contribution is 0.590. The lowest BCUT2D eigenvalue weighted by atomic mass is 9.81. The van der Waals surface area contributed by atoms with Crippen molar-refractivity contribution in [3.05, 3.63) is 310 Å². The molecule has 0 atom stereocenters. The van der Waals surface area contributed by atoms with E-state index < -0.39 is 0 Å². The molecular formula is C86H76N2. The van der Waals surface area contributed by atoms with Crippen molar-refractivity contribution < 1.29 is 0 Å². The zero-order valence-corrected chi connectivity index (χ0v) is 52.5. The Hall–Kier alpha value is -9.76. The van der Waals surface area contributed by atoms with Gasteiger partial charge in [-0.2, -0.15) is 0 Å². The molecule has 0 aromatic heterocycles. The first-order chi connectivity index (χ1) is 42.4. The molecule has 0 fully saturated rings. The van der Waals surface area contributed by atoms with E-state index in [1.807, 2.05) is 0 Å². The molecular weight excluding hydrogens is 1060 g/mol. The molecule has 430 valence electrons. The highest BCUT2D eigenvalue weighted by atomic mass is 15.1. The second kappa shape index (κ2) is 21.6. The summed E-state index contributed by atoms with van der Waals surface area (Å²) in [7, 11) is 0. The predicted molar refractivity (Wildman–Crippen MR) is 380 cm³/mol. The molecule has 0 bridgehead atoms. The van der Waals surface area contributed by atoms with Gasteiger partial charge in [-0.05, 0) is 171 Å². The van der Waals surface area contributed by atoms with E-state index in [2.05, 4.69) is 358 Å². The number of nitrogens with zero attached hydrogens (tertiary/aromatic N) is 2. The smallest absolute Gasteiger partial charge is 0.0540 e. The van der Waals surface area contributed by atoms with Crippen LogP contribution in [0.2, 0.25) is 0 Å². The Morgan fingerprint density at radius 1 is 0.284 bits per heavy atom. The van der Waals surface area contributed by atoms with E-state index in [9.17, 15) is 0 Å². The van der Waals surface area contributed by atoms with Gasteiger partial charge in [0.2, 0.25) is 0 Å². The van der Waals surface area contributed by atoms with E-state index in [0.29, 0.717) is 0 Å². The van der Waals surface area contributed by atoms with Crippen LogP contribution in [0.1, 0.15) is 125 Å². The molecule has 0 saturated heterocycles. The Bertz CT molecular complexity index is 4390. The quantitative estimate of drug-likeness (QED) is 0.119. The van der Waals surface area contributed by atoms with E-state index in [-0.39, 0.29) is 21.7 Å². The van der Waals surface area contributed by atoms with Crippen LogP contribution < -0.4 is 9.80 Å². The summed E-state index contributed by atoms with van der Waals surface area (Å²) in [5.74, 6) is 0. The third kappa shape index (κ3) is 10.1. The molecule has 0 spiro atoms. The van der Waals surface area contributed by atoms with Crippen molar-refractivity contribution in [2.45, 2.75) is 90.9 Å². The lowest BCUT2D eigenvalue weighted by Crippen LogP contribution is -2.17. The molecule has 2 aliphatic carbocycles. The van der Waals surface area contributed by atoms with E-state index in [4.69, 9.17) is 0 Å². The van der Waals surface area contributed by atoms with Crippen molar-refractivity contribution in [2.24, 2.45) is 0 Å². The maximum absolute atomic E-state index is 2.44. The van der Waals surface area contributed by atoms with Gasteiger partial charge in [-0.1, -0.05) is 288 Å². The highest BCUT2D eigenvalue weighted by Gasteiger charge is 2.38. The molecule has 14 rings (SSSR count). The minimum absolute atomic E-state index is 0.0685. The van der Waals surface area contributed by atoms with Crippen molar-refractivity contribution in [3.63, 3.8) is 0 Å². The average Bonchev–Trinajstić information content (AvgIpc) is 1.58. The van der Waals surface area contributed by atoms with Crippen LogP contribution in [0.25, 0.3) is 79.2 Å². The molecule has 12 aromatic carbocycles. The summed E-state index contributed by atoms with van der Waals surface area (Å²) in [5.41, 5.74) is 27.2. The van der Waals surface area contributed by atoms with Gasteiger partial charge >= 0.3 is 0 Å². The van der Waals surface area contributed by atoms with E-state index in [1.165, 1.54) is 122 Å². The van der Waals surface area contributed by atoms with Crippen LogP contribution in [0.3, 0.4) is 0 Å². The number of fused-ring (bicyclic) bond motifs is 8. The second-order valence-electron chi connectivity index (χ2n) is 27.5. The van der Waals surface area contributed by atoms with E-state index in [1.54, 1.807) is 0 Å². The molecule has 0 saturated carbocycles. The van der Waals surface area contributed by atoms with Gasteiger partial charge in [-0.25, -0.2) is 0 Å². The Morgan fingerprint density at radius 2 is 0.591 bits per heavy atom. The van der Waals surface area contributed by atoms with Gasteiger partial charge in [0.1, 0.15) is 0 Å². The summed E-state index contributed by atoms with van der Waals surface area (Å²) in [4.78, 5) is 4.89. The minimum atomic E-state index is -0.194. The van der Waals surface area contributed by atoms with Crippen LogP contribution >= 0.6 is 0 Å². The van der Waals surface area contributed by atoms with Crippen LogP contribution in [0.15, 0.2) is 255 Å². The van der Waals surface area contributed by atoms with Crippen molar-refractivity contribution in [1.82, 2.24) is 0 Å². The molecule has 0 unspecified atom stereocenters. The summed E-state index contributed by atoms with van der Waals surface area (Å²) < 4.78 is 0. The SMILES string of the molecule is CC(C)(C)c1ccc(N(c2ccc3c(c2)C(C)(C)c2cc(C=Cc4ccc(-c5ccc(C=Cc6ccc7c(c6)C(C)(C)c6cc(N(c8ccc(C(C)(C)C)cc8)c8cccc9ccccc89)ccc6-7)cc5)cc4)ccc2-3)c2cccc3ccccc23)cc1. The fourth-order valence-electron chi connectivity index (χ4n) is 13.8. The first-order valence-electron chi connectivity index (χ1n) is 31.3. The van der Waals surface area contributed by atoms with Crippen molar-refractivity contribution in [2.75, 3.05) is 9.80 Å². The normalized spacial score (nSPS) is 13.9. The molecule has 2 heteroatoms. The van der Waals surface area contributed by atoms with Crippen LogP contribution in [0, 0.1) is 0 Å². The first-order valence-corrected chi connectivity index (χ1v) is 31.3. The largest absolute Gasteiger partial charge is 0.310 e. The third-order valence-electron chi connectivity index (χ3n) is 19.0. The predicted octanol–water partition coefficient (Wildman–Crippen LogP) is 24.1. The topological polar surface area (TPSA) is 6.48 Å². The molecule has 0 amide bonds. The molecule has 0 radical (unpaired) electrons. The standard InChI is InChI=1S/C86H76N2/c1-83(2,3)65-39-43-67(44-40-65)87(81-23-15-19-63-17-11-13-21-71(63)81)69-47-51-75-73-49-33-59(53-77(73)85(7,8)79(75)55-69)27-25-57-29-35-61(36-30-57)62-37-31-58(32-38-62)26-28-60-34-50-74-76-52-48-70(56-80(76)86(9,10)78(74)54-60)88(68-45-41-66(42-46-68)84(4,5)6)82-24-16-20-64-18-12-14-22-72(64)82/h11-56H,1-10H3. The van der Waals surface area contributed by atoms with Crippen molar-refractivity contribution in [3.8, 4) is 33.4 Å². The molecule has 0 heterocycles. The summed E-state index contributed by atoms with van der Waals surface area (Å²) in [5, 5.41) is 4.93. The van der Waals surface area contributed by atoms with E-state index in [0.717, 1.165) is 22.7 Å². The Kier molecular flexibility index (Phi) is 13.7. The maximum atomic E-state index is 2.44. The molecule has 12 aromatic rings. The average molecular weight is 1140 g/mol. The van der Waals surface area contributed by atoms with Crippen LogP contribution in [-0.2, 0) is 21.7 Å². The summed E-state index contributed by atoms with van der Waals surface area (Å²) in [6.45, 7) is 23.2. The van der Waals surface area contributed by atoms with Gasteiger partial charge in [-0.3, -0.25) is 0 Å². The number of hydrogen-bond acceptors (Lipinski definition) is 2. The Balaban J connectivity index is 0.664. The monoisotopic (exact) mass is 1140 g/mol. The fraction of sp³-hybridized carbons (Fsp3) is 0.163. The number of anilines is 6. The number of hydrogen-bond donors (Lipinski definition) is 0. The van der Waals surface area contributed by atoms with Gasteiger partial charge in [0.15, 0.2) is 0 Å². The highest BCUT2D eigenvalue weighted by molar-refractivity contribution is 6.01. The van der Waals surface area contributed by atoms with Crippen LogP contribution in [0.4, 0.5) is 34.1 Å². The maximum Gasteiger partial charge on any atom is 0.0540 e. The molecule has 2 nitrogen and oxygen atoms in total. The fourth-order valence-corrected chi connectivity index (χ4v) is 13.8. The zero-order valence-electron chi connectivity index (χ0n) is 52.5. The van der Waals surface area contributed by atoms with Gasteiger partial charge in [0.25, 0.3) is 0 Å². The van der Waals surface area contributed by atoms with E-state index >= 15 is 0 Å². The number of benzene rings is 12. The van der Waals surface area contributed by atoms with Gasteiger partial charge in [0.05, 0.1) is 11.4 Å². The highest BCUT2D eigenvalue weighted by Crippen LogP contribution is 2.54. The zero-order chi connectivity index (χ0) is 60.7. The third-order valence-corrected chi connectivity index (χ3v) is 19.0. The van der Waals surface area contributed by atoms with Crippen molar-refractivity contribution in [1.29, 1.82) is 0 Å². The molecule has 2 aliphatic rings. The Morgan fingerprint density at radius 3 is 0.966 bits per heavy atom. The van der Waals surface area contributed by atoms with Gasteiger partial charge in [0, 0.05) is 44.4 Å². The lowest BCUT2D eigenvalue weighted by Gasteiger charge is -2.30. The van der Waals surface area contributed by atoms with Gasteiger partial charge < -0.3 is 9.80 Å². The summed E-state index contributed by atoms with van der Waals surface area (Å²) in [6.07, 6.45) is 9.00.